The number of nitrogens with zero attached hydrogens (tertiary/aromatic N) is 1. The molecule has 0 aliphatic rings. The van der Waals surface area contributed by atoms with Gasteiger partial charge in [-0.25, -0.2) is 0 Å². The molecule has 0 aliphatic heterocycles. The lowest BCUT2D eigenvalue weighted by Gasteiger charge is -2.20. The molecule has 0 fully saturated rings. The van der Waals surface area contributed by atoms with Crippen molar-refractivity contribution < 1.29 is 10.0 Å². The van der Waals surface area contributed by atoms with Gasteiger partial charge in [-0.15, -0.1) is 0 Å². The van der Waals surface area contributed by atoms with Crippen molar-refractivity contribution in [3.8, 4) is 0 Å². The van der Waals surface area contributed by atoms with Crippen LogP contribution >= 0.6 is 0 Å². The summed E-state index contributed by atoms with van der Waals surface area (Å²) in [5.41, 5.74) is 3.95. The van der Waals surface area contributed by atoms with Crippen LogP contribution in [0, 0.1) is 6.92 Å². The van der Waals surface area contributed by atoms with Gasteiger partial charge in [0.15, 0.2) is 0 Å². The summed E-state index contributed by atoms with van der Waals surface area (Å²) in [5.74, 6) is 0. The van der Waals surface area contributed by atoms with E-state index in [-0.39, 0.29) is 0 Å². The molecule has 0 saturated heterocycles. The molecule has 0 bridgehead atoms. The lowest BCUT2D eigenvalue weighted by atomic mass is 9.79. The topological polar surface area (TPSA) is 43.7 Å². The summed E-state index contributed by atoms with van der Waals surface area (Å²) in [5, 5.41) is 18.4. The number of rotatable bonds is 4. The van der Waals surface area contributed by atoms with E-state index in [0.29, 0.717) is 5.46 Å². The quantitative estimate of drug-likeness (QED) is 0.809. The van der Waals surface area contributed by atoms with Crippen molar-refractivity contribution in [2.45, 2.75) is 13.5 Å². The maximum Gasteiger partial charge on any atom is 0.488 e. The van der Waals surface area contributed by atoms with E-state index in [4.69, 9.17) is 0 Å². The third kappa shape index (κ3) is 3.59. The Morgan fingerprint density at radius 2 is 1.79 bits per heavy atom. The number of hydrogen-bond acceptors (Lipinski definition) is 3. The van der Waals surface area contributed by atoms with E-state index in [1.807, 2.05) is 31.3 Å². The van der Waals surface area contributed by atoms with E-state index >= 15 is 0 Å². The summed E-state index contributed by atoms with van der Waals surface area (Å²) < 4.78 is 0. The van der Waals surface area contributed by atoms with Crippen molar-refractivity contribution >= 4 is 18.3 Å². The van der Waals surface area contributed by atoms with Gasteiger partial charge in [0, 0.05) is 19.3 Å². The van der Waals surface area contributed by atoms with E-state index in [1.165, 1.54) is 5.56 Å². The number of anilines is 1. The molecule has 98 valence electrons. The fraction of sp³-hybridized carbons (Fsp3) is 0.200. The van der Waals surface area contributed by atoms with Crippen LogP contribution in [-0.2, 0) is 6.54 Å². The van der Waals surface area contributed by atoms with E-state index in [2.05, 4.69) is 30.0 Å². The van der Waals surface area contributed by atoms with Gasteiger partial charge in [-0.3, -0.25) is 0 Å². The van der Waals surface area contributed by atoms with E-state index < -0.39 is 7.12 Å². The smallest absolute Gasteiger partial charge is 0.423 e. The van der Waals surface area contributed by atoms with Crippen LogP contribution in [0.2, 0.25) is 0 Å². The van der Waals surface area contributed by atoms with Gasteiger partial charge < -0.3 is 14.9 Å². The van der Waals surface area contributed by atoms with E-state index in [0.717, 1.165) is 17.8 Å². The molecule has 4 heteroatoms. The van der Waals surface area contributed by atoms with Crippen LogP contribution in [0.4, 0.5) is 5.69 Å². The molecule has 2 aromatic rings. The molecule has 2 N–H and O–H groups in total. The SMILES string of the molecule is Cc1cccc(N(C)Cc2cccc(B(O)O)c2)c1. The molecule has 2 rings (SSSR count). The summed E-state index contributed by atoms with van der Waals surface area (Å²) in [6, 6.07) is 15.7. The molecular weight excluding hydrogens is 237 g/mol. The number of hydrogen-bond donors (Lipinski definition) is 2. The molecule has 0 aliphatic carbocycles. The first-order valence-electron chi connectivity index (χ1n) is 6.29. The molecule has 0 saturated carbocycles. The van der Waals surface area contributed by atoms with Crippen LogP contribution in [0.5, 0.6) is 0 Å². The van der Waals surface area contributed by atoms with Crippen LogP contribution in [0.3, 0.4) is 0 Å². The van der Waals surface area contributed by atoms with Gasteiger partial charge in [0.25, 0.3) is 0 Å². The summed E-state index contributed by atoms with van der Waals surface area (Å²) in [6.45, 7) is 2.80. The highest BCUT2D eigenvalue weighted by atomic mass is 16.4. The maximum absolute atomic E-state index is 9.18. The summed E-state index contributed by atoms with van der Waals surface area (Å²) in [6.07, 6.45) is 0. The van der Waals surface area contributed by atoms with Crippen LogP contribution in [0.15, 0.2) is 48.5 Å². The highest BCUT2D eigenvalue weighted by Crippen LogP contribution is 2.16. The van der Waals surface area contributed by atoms with Crippen molar-refractivity contribution in [3.63, 3.8) is 0 Å². The average molecular weight is 255 g/mol. The molecule has 0 radical (unpaired) electrons. The monoisotopic (exact) mass is 255 g/mol. The van der Waals surface area contributed by atoms with Crippen molar-refractivity contribution in [2.24, 2.45) is 0 Å². The van der Waals surface area contributed by atoms with Crippen molar-refractivity contribution in [3.05, 3.63) is 59.7 Å². The van der Waals surface area contributed by atoms with E-state index in [1.54, 1.807) is 6.07 Å². The molecular formula is C15H18BNO2. The number of benzene rings is 2. The van der Waals surface area contributed by atoms with Crippen LogP contribution in [0.1, 0.15) is 11.1 Å². The fourth-order valence-electron chi connectivity index (χ4n) is 2.08. The molecule has 3 nitrogen and oxygen atoms in total. The van der Waals surface area contributed by atoms with Gasteiger partial charge in [0.1, 0.15) is 0 Å². The fourth-order valence-corrected chi connectivity index (χ4v) is 2.08. The second-order valence-electron chi connectivity index (χ2n) is 4.81. The largest absolute Gasteiger partial charge is 0.488 e. The predicted octanol–water partition coefficient (Wildman–Crippen LogP) is 1.31. The Kier molecular flexibility index (Phi) is 4.25. The lowest BCUT2D eigenvalue weighted by molar-refractivity contribution is 0.425. The Labute approximate surface area is 114 Å². The van der Waals surface area contributed by atoms with Crippen molar-refractivity contribution in [1.82, 2.24) is 0 Å². The van der Waals surface area contributed by atoms with Gasteiger partial charge in [-0.05, 0) is 35.6 Å². The Morgan fingerprint density at radius 1 is 1.05 bits per heavy atom. The average Bonchev–Trinajstić information content (AvgIpc) is 2.39. The highest BCUT2D eigenvalue weighted by Gasteiger charge is 2.11. The zero-order valence-corrected chi connectivity index (χ0v) is 11.2. The first-order chi connectivity index (χ1) is 9.06. The summed E-state index contributed by atoms with van der Waals surface area (Å²) in [4.78, 5) is 2.13. The third-order valence-electron chi connectivity index (χ3n) is 3.11. The molecule has 0 aromatic heterocycles. The first-order valence-corrected chi connectivity index (χ1v) is 6.29. The van der Waals surface area contributed by atoms with Crippen LogP contribution in [0.25, 0.3) is 0 Å². The second kappa shape index (κ2) is 5.91. The molecule has 0 spiro atoms. The highest BCUT2D eigenvalue weighted by molar-refractivity contribution is 6.58. The van der Waals surface area contributed by atoms with Crippen LogP contribution < -0.4 is 10.4 Å². The molecule has 19 heavy (non-hydrogen) atoms. The van der Waals surface area contributed by atoms with Gasteiger partial charge in [-0.2, -0.15) is 0 Å². The third-order valence-corrected chi connectivity index (χ3v) is 3.11. The zero-order valence-electron chi connectivity index (χ0n) is 11.2. The Morgan fingerprint density at radius 3 is 2.47 bits per heavy atom. The minimum Gasteiger partial charge on any atom is -0.423 e. The minimum atomic E-state index is -1.41. The molecule has 2 aromatic carbocycles. The zero-order chi connectivity index (χ0) is 13.8. The first kappa shape index (κ1) is 13.7. The molecule has 0 atom stereocenters. The minimum absolute atomic E-state index is 0.523. The van der Waals surface area contributed by atoms with Gasteiger partial charge in [0.2, 0.25) is 0 Å². The lowest BCUT2D eigenvalue weighted by Crippen LogP contribution is -2.30. The summed E-state index contributed by atoms with van der Waals surface area (Å²) in [7, 11) is 0.612. The molecule has 0 heterocycles. The predicted molar refractivity (Wildman–Crippen MR) is 79.6 cm³/mol. The van der Waals surface area contributed by atoms with Crippen LogP contribution in [-0.4, -0.2) is 24.2 Å². The van der Waals surface area contributed by atoms with Crippen molar-refractivity contribution in [2.75, 3.05) is 11.9 Å². The Bertz CT molecular complexity index is 557. The Hall–Kier alpha value is -1.78. The normalized spacial score (nSPS) is 10.3. The number of aryl methyl sites for hydroxylation is 1. The molecule has 0 unspecified atom stereocenters. The molecule has 0 amide bonds. The Balaban J connectivity index is 2.14. The van der Waals surface area contributed by atoms with Gasteiger partial charge >= 0.3 is 7.12 Å². The van der Waals surface area contributed by atoms with Gasteiger partial charge in [0.05, 0.1) is 0 Å². The standard InChI is InChI=1S/C15H18BNO2/c1-12-5-3-8-15(9-12)17(2)11-13-6-4-7-14(10-13)16(18)19/h3-10,18-19H,11H2,1-2H3. The maximum atomic E-state index is 9.18. The van der Waals surface area contributed by atoms with E-state index in [9.17, 15) is 10.0 Å². The summed E-state index contributed by atoms with van der Waals surface area (Å²) >= 11 is 0. The van der Waals surface area contributed by atoms with Crippen molar-refractivity contribution in [1.29, 1.82) is 0 Å². The second-order valence-corrected chi connectivity index (χ2v) is 4.81. The van der Waals surface area contributed by atoms with Gasteiger partial charge in [-0.1, -0.05) is 36.4 Å².